The fourth-order valence-electron chi connectivity index (χ4n) is 4.99. The van der Waals surface area contributed by atoms with E-state index in [2.05, 4.69) is 28.5 Å². The average Bonchev–Trinajstić information content (AvgIpc) is 3.58. The van der Waals surface area contributed by atoms with Gasteiger partial charge in [-0.2, -0.15) is 18.2 Å². The molecule has 13 heteroatoms. The van der Waals surface area contributed by atoms with Crippen molar-refractivity contribution in [1.82, 2.24) is 29.6 Å². The summed E-state index contributed by atoms with van der Waals surface area (Å²) in [4.78, 5) is 27.8. The van der Waals surface area contributed by atoms with Crippen LogP contribution in [0, 0.1) is 11.8 Å². The van der Waals surface area contributed by atoms with Crippen LogP contribution < -0.4 is 10.2 Å². The van der Waals surface area contributed by atoms with E-state index in [4.69, 9.17) is 9.97 Å². The third-order valence-corrected chi connectivity index (χ3v) is 7.96. The topological polar surface area (TPSA) is 92.1 Å². The van der Waals surface area contributed by atoms with Gasteiger partial charge in [-0.05, 0) is 24.8 Å². The van der Waals surface area contributed by atoms with Crippen molar-refractivity contribution in [2.45, 2.75) is 59.3 Å². The van der Waals surface area contributed by atoms with E-state index in [9.17, 15) is 18.0 Å². The summed E-state index contributed by atoms with van der Waals surface area (Å²) in [5, 5.41) is 11.5. The van der Waals surface area contributed by atoms with E-state index in [0.717, 1.165) is 40.6 Å². The Morgan fingerprint density at radius 1 is 1.22 bits per heavy atom. The van der Waals surface area contributed by atoms with E-state index in [1.165, 1.54) is 4.88 Å². The van der Waals surface area contributed by atoms with Crippen molar-refractivity contribution in [3.63, 3.8) is 0 Å². The number of hydrogen-bond donors (Lipinski definition) is 1. The van der Waals surface area contributed by atoms with Gasteiger partial charge < -0.3 is 19.7 Å². The molecule has 1 amide bonds. The summed E-state index contributed by atoms with van der Waals surface area (Å²) < 4.78 is 41.0. The largest absolute Gasteiger partial charge is 0.451 e. The molecule has 1 atom stereocenters. The Bertz CT molecular complexity index is 1290. The number of aromatic nitrogens is 5. The van der Waals surface area contributed by atoms with Crippen LogP contribution in [-0.2, 0) is 30.5 Å². The standard InChI is InChI=1S/C24H31F3N8OS/c1-4-5-16-10-17-19(33-8-9-35-18(13-33)31-32-22(35)24(25,26)27)29-23(30-20(17)37-16)28-11-15-6-7-34(12-15)21(36)14(2)3/h10,14-15H,4-9,11-13H2,1-3H3,(H,28,29,30). The first-order valence-corrected chi connectivity index (χ1v) is 13.5. The van der Waals surface area contributed by atoms with Crippen molar-refractivity contribution in [2.75, 3.05) is 36.4 Å². The molecule has 0 aliphatic carbocycles. The number of likely N-dealkylation sites (tertiary alicyclic amines) is 1. The quantitative estimate of drug-likeness (QED) is 0.484. The van der Waals surface area contributed by atoms with Gasteiger partial charge in [0.2, 0.25) is 17.7 Å². The number of carbonyl (C=O) groups excluding carboxylic acids is 1. The fraction of sp³-hybridized carbons (Fsp3) is 0.625. The van der Waals surface area contributed by atoms with Gasteiger partial charge in [-0.3, -0.25) is 4.79 Å². The lowest BCUT2D eigenvalue weighted by atomic mass is 10.1. The zero-order chi connectivity index (χ0) is 26.3. The van der Waals surface area contributed by atoms with Crippen molar-refractivity contribution >= 4 is 39.2 Å². The summed E-state index contributed by atoms with van der Waals surface area (Å²) in [7, 11) is 0. The van der Waals surface area contributed by atoms with Gasteiger partial charge in [-0.15, -0.1) is 21.5 Å². The van der Waals surface area contributed by atoms with E-state index in [1.54, 1.807) is 11.3 Å². The molecule has 2 aliphatic rings. The van der Waals surface area contributed by atoms with Crippen molar-refractivity contribution in [2.24, 2.45) is 11.8 Å². The predicted octanol–water partition coefficient (Wildman–Crippen LogP) is 4.19. The number of fused-ring (bicyclic) bond motifs is 2. The number of anilines is 2. The molecule has 200 valence electrons. The van der Waals surface area contributed by atoms with Crippen LogP contribution in [0.15, 0.2) is 6.07 Å². The molecular weight excluding hydrogens is 505 g/mol. The lowest BCUT2D eigenvalue weighted by Crippen LogP contribution is -2.36. The number of rotatable bonds is 7. The molecule has 1 saturated heterocycles. The van der Waals surface area contributed by atoms with Crippen LogP contribution >= 0.6 is 11.3 Å². The summed E-state index contributed by atoms with van der Waals surface area (Å²) >= 11 is 1.62. The van der Waals surface area contributed by atoms with Crippen LogP contribution in [0.2, 0.25) is 0 Å². The molecule has 3 aromatic heterocycles. The number of carbonyl (C=O) groups is 1. The monoisotopic (exact) mass is 536 g/mol. The highest BCUT2D eigenvalue weighted by Crippen LogP contribution is 2.35. The number of hydrogen-bond acceptors (Lipinski definition) is 8. The minimum Gasteiger partial charge on any atom is -0.354 e. The molecule has 1 unspecified atom stereocenters. The second-order valence-electron chi connectivity index (χ2n) is 10.0. The first kappa shape index (κ1) is 25.7. The fourth-order valence-corrected chi connectivity index (χ4v) is 6.12. The average molecular weight is 537 g/mol. The van der Waals surface area contributed by atoms with Gasteiger partial charge in [0.1, 0.15) is 10.6 Å². The van der Waals surface area contributed by atoms with Gasteiger partial charge >= 0.3 is 6.18 Å². The third-order valence-electron chi connectivity index (χ3n) is 6.87. The van der Waals surface area contributed by atoms with E-state index in [-0.39, 0.29) is 30.7 Å². The number of thiophene rings is 1. The Kier molecular flexibility index (Phi) is 6.99. The van der Waals surface area contributed by atoms with E-state index >= 15 is 0 Å². The maximum atomic E-state index is 13.3. The van der Waals surface area contributed by atoms with Crippen LogP contribution in [-0.4, -0.2) is 61.7 Å². The smallest absolute Gasteiger partial charge is 0.354 e. The third kappa shape index (κ3) is 5.23. The first-order chi connectivity index (χ1) is 17.6. The molecule has 0 radical (unpaired) electrons. The van der Waals surface area contributed by atoms with Crippen LogP contribution in [0.1, 0.15) is 50.1 Å². The van der Waals surface area contributed by atoms with Gasteiger partial charge in [-0.25, -0.2) is 4.98 Å². The van der Waals surface area contributed by atoms with Crippen molar-refractivity contribution in [3.8, 4) is 0 Å². The molecule has 1 fully saturated rings. The van der Waals surface area contributed by atoms with Gasteiger partial charge in [0, 0.05) is 43.5 Å². The van der Waals surface area contributed by atoms with Gasteiger partial charge in [0.25, 0.3) is 0 Å². The van der Waals surface area contributed by atoms with E-state index < -0.39 is 12.0 Å². The highest BCUT2D eigenvalue weighted by molar-refractivity contribution is 7.18. The number of nitrogens with one attached hydrogen (secondary N) is 1. The van der Waals surface area contributed by atoms with Crippen LogP contribution in [0.4, 0.5) is 24.9 Å². The second kappa shape index (κ2) is 10.1. The molecule has 0 saturated carbocycles. The summed E-state index contributed by atoms with van der Waals surface area (Å²) in [5.41, 5.74) is 0. The molecule has 0 spiro atoms. The number of alkyl halides is 3. The highest BCUT2D eigenvalue weighted by Gasteiger charge is 2.40. The lowest BCUT2D eigenvalue weighted by molar-refractivity contribution is -0.147. The molecule has 3 aromatic rings. The molecule has 37 heavy (non-hydrogen) atoms. The normalized spacial score (nSPS) is 18.2. The van der Waals surface area contributed by atoms with Gasteiger partial charge in [-0.1, -0.05) is 27.2 Å². The number of aryl methyl sites for hydroxylation is 1. The molecule has 2 aliphatic heterocycles. The minimum absolute atomic E-state index is 0.0151. The number of halogens is 3. The zero-order valence-electron chi connectivity index (χ0n) is 21.2. The van der Waals surface area contributed by atoms with Gasteiger partial charge in [0.05, 0.1) is 11.9 Å². The van der Waals surface area contributed by atoms with Crippen LogP contribution in [0.3, 0.4) is 0 Å². The molecular formula is C24H31F3N8OS. The number of amides is 1. The van der Waals surface area contributed by atoms with E-state index in [1.807, 2.05) is 23.6 Å². The Labute approximate surface area is 217 Å². The molecule has 0 bridgehead atoms. The summed E-state index contributed by atoms with van der Waals surface area (Å²) in [6, 6.07) is 2.09. The lowest BCUT2D eigenvalue weighted by Gasteiger charge is -2.29. The maximum Gasteiger partial charge on any atom is 0.451 e. The van der Waals surface area contributed by atoms with Crippen molar-refractivity contribution in [1.29, 1.82) is 0 Å². The highest BCUT2D eigenvalue weighted by atomic mass is 32.1. The summed E-state index contributed by atoms with van der Waals surface area (Å²) in [5.74, 6) is 0.957. The molecule has 9 nitrogen and oxygen atoms in total. The molecule has 1 N–H and O–H groups in total. The predicted molar refractivity (Wildman–Crippen MR) is 135 cm³/mol. The Hall–Kier alpha value is -2.96. The van der Waals surface area contributed by atoms with E-state index in [0.29, 0.717) is 37.3 Å². The van der Waals surface area contributed by atoms with Crippen LogP contribution in [0.25, 0.3) is 10.2 Å². The molecule has 5 heterocycles. The van der Waals surface area contributed by atoms with Gasteiger partial charge in [0.15, 0.2) is 5.82 Å². The second-order valence-corrected chi connectivity index (χ2v) is 11.2. The number of nitrogens with zero attached hydrogens (tertiary/aromatic N) is 7. The zero-order valence-corrected chi connectivity index (χ0v) is 22.0. The Balaban J connectivity index is 1.38. The minimum atomic E-state index is -4.54. The summed E-state index contributed by atoms with van der Waals surface area (Å²) in [6.07, 6.45) is -1.69. The maximum absolute atomic E-state index is 13.3. The van der Waals surface area contributed by atoms with Crippen LogP contribution in [0.5, 0.6) is 0 Å². The Morgan fingerprint density at radius 3 is 2.76 bits per heavy atom. The summed E-state index contributed by atoms with van der Waals surface area (Å²) in [6.45, 7) is 8.72. The van der Waals surface area contributed by atoms with Crippen molar-refractivity contribution < 1.29 is 18.0 Å². The SMILES string of the molecule is CCCc1cc2c(N3CCn4c(nnc4C(F)(F)F)C3)nc(NCC3CCN(C(=O)C(C)C)C3)nc2s1. The van der Waals surface area contributed by atoms with Crippen molar-refractivity contribution in [3.05, 3.63) is 22.6 Å². The molecule has 0 aromatic carbocycles. The Morgan fingerprint density at radius 2 is 2.03 bits per heavy atom. The first-order valence-electron chi connectivity index (χ1n) is 12.7. The molecule has 5 rings (SSSR count).